The van der Waals surface area contributed by atoms with Crippen molar-refractivity contribution in [1.29, 1.82) is 0 Å². The Labute approximate surface area is 116 Å². The number of aryl methyl sites for hydroxylation is 1. The molecule has 1 rings (SSSR count). The third-order valence-corrected chi connectivity index (χ3v) is 3.03. The van der Waals surface area contributed by atoms with E-state index in [1.54, 1.807) is 7.11 Å². The van der Waals surface area contributed by atoms with Crippen LogP contribution in [0.15, 0.2) is 24.3 Å². The standard InChI is InChI=1S/C16H26O3/c1-4-5-6-7-15-8-10-16(11-9-15)19-13-12-18-14(2)17-3/h8-11,14H,4-7,12-13H2,1-3H3. The van der Waals surface area contributed by atoms with Crippen molar-refractivity contribution in [3.05, 3.63) is 29.8 Å². The minimum Gasteiger partial charge on any atom is -0.491 e. The maximum Gasteiger partial charge on any atom is 0.154 e. The van der Waals surface area contributed by atoms with Gasteiger partial charge in [-0.3, -0.25) is 0 Å². The molecule has 3 nitrogen and oxygen atoms in total. The van der Waals surface area contributed by atoms with Crippen LogP contribution in [0.4, 0.5) is 0 Å². The van der Waals surface area contributed by atoms with Gasteiger partial charge in [0.05, 0.1) is 6.61 Å². The number of rotatable bonds is 10. The molecule has 0 aliphatic carbocycles. The molecule has 0 saturated carbocycles. The van der Waals surface area contributed by atoms with Gasteiger partial charge in [-0.2, -0.15) is 0 Å². The monoisotopic (exact) mass is 266 g/mol. The molecule has 0 spiro atoms. The Morgan fingerprint density at radius 3 is 2.42 bits per heavy atom. The van der Waals surface area contributed by atoms with Gasteiger partial charge in [0.25, 0.3) is 0 Å². The van der Waals surface area contributed by atoms with Crippen molar-refractivity contribution in [1.82, 2.24) is 0 Å². The fourth-order valence-electron chi connectivity index (χ4n) is 1.77. The fourth-order valence-corrected chi connectivity index (χ4v) is 1.77. The molecule has 0 aromatic heterocycles. The molecule has 0 aliphatic heterocycles. The molecule has 1 aromatic carbocycles. The summed E-state index contributed by atoms with van der Waals surface area (Å²) in [5.41, 5.74) is 1.38. The van der Waals surface area contributed by atoms with Crippen molar-refractivity contribution in [2.45, 2.75) is 45.8 Å². The lowest BCUT2D eigenvalue weighted by Crippen LogP contribution is -2.15. The number of benzene rings is 1. The van der Waals surface area contributed by atoms with Gasteiger partial charge in [-0.15, -0.1) is 0 Å². The lowest BCUT2D eigenvalue weighted by Gasteiger charge is -2.11. The van der Waals surface area contributed by atoms with Gasteiger partial charge in [-0.05, 0) is 37.5 Å². The normalized spacial score (nSPS) is 12.4. The molecule has 0 radical (unpaired) electrons. The van der Waals surface area contributed by atoms with Crippen molar-refractivity contribution in [3.63, 3.8) is 0 Å². The zero-order chi connectivity index (χ0) is 13.9. The molecule has 0 heterocycles. The van der Waals surface area contributed by atoms with E-state index in [4.69, 9.17) is 14.2 Å². The summed E-state index contributed by atoms with van der Waals surface area (Å²) in [5, 5.41) is 0. The van der Waals surface area contributed by atoms with E-state index in [1.165, 1.54) is 24.8 Å². The van der Waals surface area contributed by atoms with E-state index < -0.39 is 0 Å². The van der Waals surface area contributed by atoms with Gasteiger partial charge in [-0.1, -0.05) is 31.9 Å². The van der Waals surface area contributed by atoms with Crippen LogP contribution in [-0.2, 0) is 15.9 Å². The molecule has 3 heteroatoms. The molecule has 108 valence electrons. The van der Waals surface area contributed by atoms with Crippen LogP contribution < -0.4 is 4.74 Å². The third kappa shape index (κ3) is 7.19. The highest BCUT2D eigenvalue weighted by Crippen LogP contribution is 2.14. The average molecular weight is 266 g/mol. The summed E-state index contributed by atoms with van der Waals surface area (Å²) in [6.07, 6.45) is 4.81. The van der Waals surface area contributed by atoms with Crippen molar-refractivity contribution in [2.24, 2.45) is 0 Å². The summed E-state index contributed by atoms with van der Waals surface area (Å²) < 4.78 is 15.9. The highest BCUT2D eigenvalue weighted by Gasteiger charge is 1.99. The number of hydrogen-bond donors (Lipinski definition) is 0. The van der Waals surface area contributed by atoms with Gasteiger partial charge in [0.15, 0.2) is 6.29 Å². The molecule has 0 fully saturated rings. The first-order valence-electron chi connectivity index (χ1n) is 7.12. The molecule has 1 aromatic rings. The zero-order valence-electron chi connectivity index (χ0n) is 12.4. The SMILES string of the molecule is CCCCCc1ccc(OCCOC(C)OC)cc1. The quantitative estimate of drug-likeness (QED) is 0.476. The molecule has 1 unspecified atom stereocenters. The van der Waals surface area contributed by atoms with Gasteiger partial charge >= 0.3 is 0 Å². The predicted octanol–water partition coefficient (Wildman–Crippen LogP) is 3.81. The zero-order valence-corrected chi connectivity index (χ0v) is 12.4. The van der Waals surface area contributed by atoms with E-state index in [-0.39, 0.29) is 6.29 Å². The molecule has 0 N–H and O–H groups in total. The fraction of sp³-hybridized carbons (Fsp3) is 0.625. The predicted molar refractivity (Wildman–Crippen MR) is 77.6 cm³/mol. The van der Waals surface area contributed by atoms with Crippen LogP contribution in [0.25, 0.3) is 0 Å². The van der Waals surface area contributed by atoms with Crippen LogP contribution in [0.3, 0.4) is 0 Å². The van der Waals surface area contributed by atoms with Gasteiger partial charge in [-0.25, -0.2) is 0 Å². The first kappa shape index (κ1) is 16.0. The molecule has 1 atom stereocenters. The van der Waals surface area contributed by atoms with Gasteiger partial charge in [0.2, 0.25) is 0 Å². The molecule has 0 bridgehead atoms. The van der Waals surface area contributed by atoms with Gasteiger partial charge < -0.3 is 14.2 Å². The second-order valence-corrected chi connectivity index (χ2v) is 4.62. The van der Waals surface area contributed by atoms with Crippen LogP contribution in [0.2, 0.25) is 0 Å². The first-order chi connectivity index (χ1) is 9.26. The third-order valence-electron chi connectivity index (χ3n) is 3.03. The average Bonchev–Trinajstić information content (AvgIpc) is 2.45. The lowest BCUT2D eigenvalue weighted by molar-refractivity contribution is -0.115. The number of ether oxygens (including phenoxy) is 3. The Kier molecular flexibility index (Phi) is 8.26. The van der Waals surface area contributed by atoms with Crippen molar-refractivity contribution < 1.29 is 14.2 Å². The highest BCUT2D eigenvalue weighted by atomic mass is 16.7. The molecular weight excluding hydrogens is 240 g/mol. The Balaban J connectivity index is 2.20. The number of unbranched alkanes of at least 4 members (excludes halogenated alkanes) is 2. The van der Waals surface area contributed by atoms with E-state index in [0.29, 0.717) is 13.2 Å². The molecule has 0 saturated heterocycles. The van der Waals surface area contributed by atoms with Crippen molar-refractivity contribution in [3.8, 4) is 5.75 Å². The van der Waals surface area contributed by atoms with Crippen molar-refractivity contribution >= 4 is 0 Å². The summed E-state index contributed by atoms with van der Waals surface area (Å²) >= 11 is 0. The Morgan fingerprint density at radius 1 is 1.05 bits per heavy atom. The topological polar surface area (TPSA) is 27.7 Å². The summed E-state index contributed by atoms with van der Waals surface area (Å²) in [6.45, 7) is 5.17. The molecular formula is C16H26O3. The van der Waals surface area contributed by atoms with Crippen LogP contribution in [0.1, 0.15) is 38.7 Å². The van der Waals surface area contributed by atoms with E-state index in [0.717, 1.165) is 12.2 Å². The Bertz CT molecular complexity index is 321. The molecule has 0 aliphatic rings. The number of methoxy groups -OCH3 is 1. The summed E-state index contributed by atoms with van der Waals surface area (Å²) in [4.78, 5) is 0. The maximum atomic E-state index is 5.60. The minimum atomic E-state index is -0.176. The number of hydrogen-bond acceptors (Lipinski definition) is 3. The largest absolute Gasteiger partial charge is 0.491 e. The Morgan fingerprint density at radius 2 is 1.79 bits per heavy atom. The lowest BCUT2D eigenvalue weighted by atomic mass is 10.1. The van der Waals surface area contributed by atoms with Gasteiger partial charge in [0, 0.05) is 7.11 Å². The first-order valence-corrected chi connectivity index (χ1v) is 7.12. The Hall–Kier alpha value is -1.06. The van der Waals surface area contributed by atoms with E-state index in [1.807, 2.05) is 19.1 Å². The maximum absolute atomic E-state index is 5.60. The molecule has 19 heavy (non-hydrogen) atoms. The highest BCUT2D eigenvalue weighted by molar-refractivity contribution is 5.27. The van der Waals surface area contributed by atoms with Crippen LogP contribution in [-0.4, -0.2) is 26.6 Å². The van der Waals surface area contributed by atoms with Crippen molar-refractivity contribution in [2.75, 3.05) is 20.3 Å². The van der Waals surface area contributed by atoms with Crippen LogP contribution >= 0.6 is 0 Å². The molecule has 0 amide bonds. The summed E-state index contributed by atoms with van der Waals surface area (Å²) in [6, 6.07) is 8.34. The second kappa shape index (κ2) is 9.82. The van der Waals surface area contributed by atoms with Crippen LogP contribution in [0.5, 0.6) is 5.75 Å². The summed E-state index contributed by atoms with van der Waals surface area (Å²) in [7, 11) is 1.63. The minimum absolute atomic E-state index is 0.176. The summed E-state index contributed by atoms with van der Waals surface area (Å²) in [5.74, 6) is 0.896. The second-order valence-electron chi connectivity index (χ2n) is 4.62. The van der Waals surface area contributed by atoms with Crippen LogP contribution in [0, 0.1) is 0 Å². The van der Waals surface area contributed by atoms with Gasteiger partial charge in [0.1, 0.15) is 12.4 Å². The smallest absolute Gasteiger partial charge is 0.154 e. The van der Waals surface area contributed by atoms with E-state index in [9.17, 15) is 0 Å². The van der Waals surface area contributed by atoms with E-state index in [2.05, 4.69) is 19.1 Å². The van der Waals surface area contributed by atoms with E-state index >= 15 is 0 Å².